The summed E-state index contributed by atoms with van der Waals surface area (Å²) in [6, 6.07) is 18.6. The summed E-state index contributed by atoms with van der Waals surface area (Å²) in [5.41, 5.74) is -11.2. The molecular weight excluding hydrogens is 1190 g/mol. The van der Waals surface area contributed by atoms with E-state index in [1.807, 2.05) is 60.7 Å². The van der Waals surface area contributed by atoms with Crippen molar-refractivity contribution in [3.05, 3.63) is 142 Å². The molecule has 35 heteroatoms. The number of hydrogen-bond acceptors (Lipinski definition) is 4. The van der Waals surface area contributed by atoms with Gasteiger partial charge < -0.3 is 40.8 Å². The van der Waals surface area contributed by atoms with E-state index in [1.54, 1.807) is 0 Å². The van der Waals surface area contributed by atoms with Crippen LogP contribution in [-0.4, -0.2) is 20.4 Å². The first-order valence-corrected chi connectivity index (χ1v) is 16.3. The predicted octanol–water partition coefficient (Wildman–Crippen LogP) is 11.6. The Morgan fingerprint density at radius 2 is 0.479 bits per heavy atom. The van der Waals surface area contributed by atoms with Gasteiger partial charge in [0.05, 0.1) is 0 Å². The molecule has 0 atom stereocenters. The van der Waals surface area contributed by atoms with Crippen LogP contribution in [0.3, 0.4) is 0 Å². The van der Waals surface area contributed by atoms with E-state index in [2.05, 4.69) is 52.6 Å². The maximum Gasteiger partial charge on any atom is 2.00 e. The average Bonchev–Trinajstić information content (AvgIpc) is 4.04. The number of rotatable bonds is 0. The molecule has 1 radical (unpaired) electrons. The minimum atomic E-state index is -4.89. The molecule has 0 aliphatic heterocycles. The van der Waals surface area contributed by atoms with E-state index in [-0.39, 0.29) is 75.5 Å². The minimum Gasteiger partial charge on any atom is -0.571 e. The average molecular weight is 1210 g/mol. The van der Waals surface area contributed by atoms with Gasteiger partial charge in [-0.15, -0.1) is 12.8 Å². The molecule has 401 valence electrons. The summed E-state index contributed by atoms with van der Waals surface area (Å²) in [5, 5.41) is 18.9. The predicted molar refractivity (Wildman–Crippen MR) is 179 cm³/mol. The smallest absolute Gasteiger partial charge is 0.571 e. The molecule has 0 spiro atoms. The Morgan fingerprint density at radius 1 is 0.310 bits per heavy atom. The second kappa shape index (κ2) is 27.8. The first kappa shape index (κ1) is 69.5. The third-order valence-corrected chi connectivity index (χ3v) is 6.36. The fourth-order valence-electron chi connectivity index (χ4n) is 3.36. The zero-order valence-electron chi connectivity index (χ0n) is 32.8. The standard InChI is InChI=1S/2C8H6.4C5HF6N2.3Cu/c2*1-2-8-6-4-3-5-7-8;4*6-4(7,8)2-1-3(13-12-2)5(9,10)11;;;/h2*1,3-7H;4*1H;;;/q;;4*-1;2*+1;+2. The van der Waals surface area contributed by atoms with E-state index < -0.39 is 95.0 Å². The largest absolute Gasteiger partial charge is 2.00 e. The van der Waals surface area contributed by atoms with Gasteiger partial charge in [0.25, 0.3) is 0 Å². The van der Waals surface area contributed by atoms with Gasteiger partial charge in [-0.05, 0) is 71.3 Å². The van der Waals surface area contributed by atoms with E-state index in [0.29, 0.717) is 0 Å². The summed E-state index contributed by atoms with van der Waals surface area (Å²) in [6.07, 6.45) is -28.9. The Labute approximate surface area is 411 Å². The molecule has 71 heavy (non-hydrogen) atoms. The fourth-order valence-corrected chi connectivity index (χ4v) is 3.36. The third-order valence-electron chi connectivity index (χ3n) is 6.36. The van der Waals surface area contributed by atoms with Crippen LogP contribution in [0.25, 0.3) is 0 Å². The SMILES string of the molecule is C#Cc1ccccc1.C#Cc1ccccc1.FC(F)(F)c1cc(C(F)(F)F)[n-]n1.FC(F)(F)c1cc(C(F)(F)F)[n-]n1.FC(F)(F)c1cc(C(F)(F)F)[n-]n1.FC(F)(F)c1cc(C(F)(F)F)[n-]n1.[Cu+2].[Cu+].[Cu+]. The molecule has 0 saturated carbocycles. The molecule has 4 aromatic heterocycles. The van der Waals surface area contributed by atoms with Crippen molar-refractivity contribution in [1.82, 2.24) is 40.8 Å². The van der Waals surface area contributed by atoms with Crippen LogP contribution < -0.4 is 20.4 Å². The first-order chi connectivity index (χ1) is 30.7. The second-order valence-electron chi connectivity index (χ2n) is 11.5. The van der Waals surface area contributed by atoms with Crippen molar-refractivity contribution >= 4 is 0 Å². The summed E-state index contributed by atoms with van der Waals surface area (Å²) in [5.74, 6) is 5.05. The second-order valence-corrected chi connectivity index (χ2v) is 11.5. The molecule has 0 unspecified atom stereocenters. The fraction of sp³-hybridized carbons (Fsp3) is 0.222. The van der Waals surface area contributed by atoms with Gasteiger partial charge in [0.15, 0.2) is 0 Å². The van der Waals surface area contributed by atoms with Gasteiger partial charge in [-0.3, -0.25) is 0 Å². The molecule has 8 nitrogen and oxygen atoms in total. The summed E-state index contributed by atoms with van der Waals surface area (Å²) < 4.78 is 281. The topological polar surface area (TPSA) is 108 Å². The van der Waals surface area contributed by atoms with Crippen LogP contribution in [0.15, 0.2) is 84.9 Å². The third kappa shape index (κ3) is 25.8. The van der Waals surface area contributed by atoms with E-state index >= 15 is 0 Å². The van der Waals surface area contributed by atoms with Gasteiger partial charge in [0.2, 0.25) is 0 Å². The molecular formula is C36H16Cu3F24N8. The molecule has 2 aromatic carbocycles. The molecule has 6 rings (SSSR count). The van der Waals surface area contributed by atoms with Crippen molar-refractivity contribution in [2.45, 2.75) is 49.4 Å². The molecule has 0 bridgehead atoms. The van der Waals surface area contributed by atoms with Crippen molar-refractivity contribution in [2.75, 3.05) is 0 Å². The summed E-state index contributed by atoms with van der Waals surface area (Å²) in [6.45, 7) is 0. The maximum absolute atomic E-state index is 11.7. The minimum absolute atomic E-state index is 0. The Kier molecular flexibility index (Phi) is 27.2. The Bertz CT molecular complexity index is 2080. The monoisotopic (exact) mass is 1200 g/mol. The van der Waals surface area contributed by atoms with Crippen LogP contribution in [-0.2, 0) is 101 Å². The van der Waals surface area contributed by atoms with Gasteiger partial charge in [0, 0.05) is 11.1 Å². The number of nitrogens with zero attached hydrogens (tertiary/aromatic N) is 8. The molecule has 0 aliphatic rings. The number of hydrogen-bond donors (Lipinski definition) is 0. The Morgan fingerprint density at radius 3 is 0.563 bits per heavy atom. The number of aromatic nitrogens is 8. The molecule has 0 amide bonds. The Hall–Kier alpha value is -5.72. The summed E-state index contributed by atoms with van der Waals surface area (Å²) in [4.78, 5) is 0. The Balaban J connectivity index is -0.000000782. The van der Waals surface area contributed by atoms with Gasteiger partial charge in [-0.2, -0.15) is 105 Å². The van der Waals surface area contributed by atoms with E-state index in [1.165, 1.54) is 0 Å². The molecule has 0 N–H and O–H groups in total. The van der Waals surface area contributed by atoms with Gasteiger partial charge in [-0.1, -0.05) is 48.2 Å². The van der Waals surface area contributed by atoms with Crippen LogP contribution in [0.4, 0.5) is 105 Å². The van der Waals surface area contributed by atoms with Crippen LogP contribution in [0.5, 0.6) is 0 Å². The molecule has 0 saturated heterocycles. The van der Waals surface area contributed by atoms with E-state index in [4.69, 9.17) is 12.8 Å². The van der Waals surface area contributed by atoms with Crippen molar-refractivity contribution in [3.63, 3.8) is 0 Å². The number of halogens is 24. The zero-order chi connectivity index (χ0) is 52.7. The number of terminal acetylenes is 2. The quantitative estimate of drug-likeness (QED) is 0.0841. The van der Waals surface area contributed by atoms with Gasteiger partial charge in [-0.25, -0.2) is 0 Å². The van der Waals surface area contributed by atoms with Gasteiger partial charge in [0.1, 0.15) is 22.8 Å². The first-order valence-electron chi connectivity index (χ1n) is 16.3. The normalized spacial score (nSPS) is 11.6. The van der Waals surface area contributed by atoms with Crippen molar-refractivity contribution in [2.24, 2.45) is 0 Å². The van der Waals surface area contributed by atoms with Crippen LogP contribution in [0.1, 0.15) is 56.7 Å². The van der Waals surface area contributed by atoms with E-state index in [0.717, 1.165) is 11.1 Å². The van der Waals surface area contributed by atoms with Crippen LogP contribution in [0.2, 0.25) is 0 Å². The molecule has 6 aromatic rings. The van der Waals surface area contributed by atoms with Crippen LogP contribution >= 0.6 is 0 Å². The van der Waals surface area contributed by atoms with Crippen molar-refractivity contribution in [1.29, 1.82) is 0 Å². The molecule has 0 fully saturated rings. The summed E-state index contributed by atoms with van der Waals surface area (Å²) in [7, 11) is 0. The molecule has 0 aliphatic carbocycles. The summed E-state index contributed by atoms with van der Waals surface area (Å²) >= 11 is 0. The maximum atomic E-state index is 11.7. The number of alkyl halides is 24. The van der Waals surface area contributed by atoms with Gasteiger partial charge >= 0.3 is 101 Å². The zero-order valence-corrected chi connectivity index (χ0v) is 35.6. The number of benzene rings is 2. The molecule has 4 heterocycles. The van der Waals surface area contributed by atoms with Crippen molar-refractivity contribution in [3.8, 4) is 24.7 Å². The van der Waals surface area contributed by atoms with E-state index in [9.17, 15) is 105 Å². The van der Waals surface area contributed by atoms with Crippen LogP contribution in [0, 0.1) is 24.7 Å². The van der Waals surface area contributed by atoms with Crippen molar-refractivity contribution < 1.29 is 157 Å².